The first-order valence-electron chi connectivity index (χ1n) is 10.2. The number of aromatic nitrogens is 1. The minimum atomic E-state index is 0.138. The van der Waals surface area contributed by atoms with E-state index in [-0.39, 0.29) is 5.91 Å². The standard InChI is InChI=1S/C22H31N3O2/c1-2-3-9-21-14-20(25-27-21)12-19-16-23-11-10-18(19)13-22(26)24-15-17-7-5-4-6-8-17/h4-8,14,18-19,23H,2-3,9-13,15-16H2,1H3,(H,24,26). The summed E-state index contributed by atoms with van der Waals surface area (Å²) in [5, 5.41) is 10.8. The van der Waals surface area contributed by atoms with Crippen molar-refractivity contribution in [1.82, 2.24) is 15.8 Å². The molecule has 1 amide bonds. The Morgan fingerprint density at radius 2 is 2.15 bits per heavy atom. The van der Waals surface area contributed by atoms with Crippen LogP contribution in [0.5, 0.6) is 0 Å². The van der Waals surface area contributed by atoms with E-state index >= 15 is 0 Å². The highest BCUT2D eigenvalue weighted by atomic mass is 16.5. The van der Waals surface area contributed by atoms with Crippen molar-refractivity contribution in [3.8, 4) is 0 Å². The number of aryl methyl sites for hydroxylation is 1. The van der Waals surface area contributed by atoms with Crippen LogP contribution in [-0.2, 0) is 24.2 Å². The first-order chi connectivity index (χ1) is 13.2. The van der Waals surface area contributed by atoms with E-state index in [1.54, 1.807) is 0 Å². The van der Waals surface area contributed by atoms with Crippen LogP contribution < -0.4 is 10.6 Å². The molecular formula is C22H31N3O2. The van der Waals surface area contributed by atoms with Crippen LogP contribution in [0.4, 0.5) is 0 Å². The maximum Gasteiger partial charge on any atom is 0.220 e. The van der Waals surface area contributed by atoms with E-state index < -0.39 is 0 Å². The zero-order chi connectivity index (χ0) is 18.9. The molecule has 1 aliphatic heterocycles. The van der Waals surface area contributed by atoms with Crippen molar-refractivity contribution in [2.24, 2.45) is 11.8 Å². The molecule has 1 aromatic carbocycles. The summed E-state index contributed by atoms with van der Waals surface area (Å²) in [5.74, 6) is 1.93. The van der Waals surface area contributed by atoms with Gasteiger partial charge in [-0.1, -0.05) is 48.8 Å². The van der Waals surface area contributed by atoms with Crippen molar-refractivity contribution in [3.05, 3.63) is 53.4 Å². The lowest BCUT2D eigenvalue weighted by atomic mass is 9.81. The molecule has 2 unspecified atom stereocenters. The number of hydrogen-bond acceptors (Lipinski definition) is 4. The van der Waals surface area contributed by atoms with Crippen LogP contribution in [0, 0.1) is 11.8 Å². The minimum absolute atomic E-state index is 0.138. The van der Waals surface area contributed by atoms with Crippen molar-refractivity contribution in [2.45, 2.75) is 52.0 Å². The lowest BCUT2D eigenvalue weighted by molar-refractivity contribution is -0.122. The summed E-state index contributed by atoms with van der Waals surface area (Å²) in [6, 6.07) is 12.1. The summed E-state index contributed by atoms with van der Waals surface area (Å²) in [4.78, 5) is 12.4. The second-order valence-corrected chi connectivity index (χ2v) is 7.57. The van der Waals surface area contributed by atoms with Gasteiger partial charge < -0.3 is 15.2 Å². The average molecular weight is 370 g/mol. The number of rotatable bonds is 9. The van der Waals surface area contributed by atoms with E-state index in [2.05, 4.69) is 28.8 Å². The first kappa shape index (κ1) is 19.6. The molecule has 3 rings (SSSR count). The maximum absolute atomic E-state index is 12.4. The smallest absolute Gasteiger partial charge is 0.220 e. The number of unbranched alkanes of at least 4 members (excludes halogenated alkanes) is 1. The van der Waals surface area contributed by atoms with Gasteiger partial charge in [0, 0.05) is 25.5 Å². The van der Waals surface area contributed by atoms with Gasteiger partial charge in [-0.05, 0) is 49.8 Å². The van der Waals surface area contributed by atoms with Crippen molar-refractivity contribution in [2.75, 3.05) is 13.1 Å². The molecule has 5 heteroatoms. The highest BCUT2D eigenvalue weighted by molar-refractivity contribution is 5.76. The summed E-state index contributed by atoms with van der Waals surface area (Å²) >= 11 is 0. The van der Waals surface area contributed by atoms with Gasteiger partial charge in [0.1, 0.15) is 5.76 Å². The van der Waals surface area contributed by atoms with Crippen LogP contribution in [0.2, 0.25) is 0 Å². The van der Waals surface area contributed by atoms with E-state index in [0.29, 0.717) is 24.8 Å². The molecule has 2 heterocycles. The Bertz CT molecular complexity index is 699. The normalized spacial score (nSPS) is 19.7. The quantitative estimate of drug-likeness (QED) is 0.710. The minimum Gasteiger partial charge on any atom is -0.361 e. The van der Waals surface area contributed by atoms with Crippen molar-refractivity contribution >= 4 is 5.91 Å². The zero-order valence-electron chi connectivity index (χ0n) is 16.2. The molecular weight excluding hydrogens is 338 g/mol. The van der Waals surface area contributed by atoms with Crippen LogP contribution >= 0.6 is 0 Å². The highest BCUT2D eigenvalue weighted by Gasteiger charge is 2.28. The van der Waals surface area contributed by atoms with Gasteiger partial charge in [-0.3, -0.25) is 4.79 Å². The number of nitrogens with zero attached hydrogens (tertiary/aromatic N) is 1. The van der Waals surface area contributed by atoms with Gasteiger partial charge in [0.25, 0.3) is 0 Å². The van der Waals surface area contributed by atoms with Crippen LogP contribution in [0.15, 0.2) is 40.9 Å². The molecule has 146 valence electrons. The predicted molar refractivity (Wildman–Crippen MR) is 106 cm³/mol. The molecule has 1 fully saturated rings. The Labute approximate surface area is 161 Å². The predicted octanol–water partition coefficient (Wildman–Crippen LogP) is 3.49. The fourth-order valence-electron chi connectivity index (χ4n) is 3.78. The Balaban J connectivity index is 1.50. The molecule has 0 spiro atoms. The Hall–Kier alpha value is -2.14. The molecule has 0 aliphatic carbocycles. The topological polar surface area (TPSA) is 67.2 Å². The van der Waals surface area contributed by atoms with E-state index in [0.717, 1.165) is 62.2 Å². The van der Waals surface area contributed by atoms with Crippen LogP contribution in [0.1, 0.15) is 49.6 Å². The van der Waals surface area contributed by atoms with Gasteiger partial charge in [-0.25, -0.2) is 0 Å². The van der Waals surface area contributed by atoms with Crippen LogP contribution in [-0.4, -0.2) is 24.2 Å². The summed E-state index contributed by atoms with van der Waals surface area (Å²) in [7, 11) is 0. The molecule has 27 heavy (non-hydrogen) atoms. The SMILES string of the molecule is CCCCc1cc(CC2CNCCC2CC(=O)NCc2ccccc2)no1. The fourth-order valence-corrected chi connectivity index (χ4v) is 3.78. The number of hydrogen-bond donors (Lipinski definition) is 2. The third-order valence-corrected chi connectivity index (χ3v) is 5.40. The third kappa shape index (κ3) is 6.21. The summed E-state index contributed by atoms with van der Waals surface area (Å²) in [6.45, 7) is 4.69. The molecule has 2 atom stereocenters. The Kier molecular flexibility index (Phi) is 7.45. The van der Waals surface area contributed by atoms with E-state index in [4.69, 9.17) is 4.52 Å². The second-order valence-electron chi connectivity index (χ2n) is 7.57. The van der Waals surface area contributed by atoms with Crippen LogP contribution in [0.3, 0.4) is 0 Å². The molecule has 5 nitrogen and oxygen atoms in total. The third-order valence-electron chi connectivity index (χ3n) is 5.40. The Morgan fingerprint density at radius 1 is 1.30 bits per heavy atom. The van der Waals surface area contributed by atoms with Gasteiger partial charge >= 0.3 is 0 Å². The molecule has 2 aromatic rings. The fraction of sp³-hybridized carbons (Fsp3) is 0.545. The number of carbonyl (C=O) groups excluding carboxylic acids is 1. The van der Waals surface area contributed by atoms with Gasteiger partial charge in [-0.15, -0.1) is 0 Å². The summed E-state index contributed by atoms with van der Waals surface area (Å²) < 4.78 is 5.46. The molecule has 0 bridgehead atoms. The van der Waals surface area contributed by atoms with E-state index in [1.165, 1.54) is 0 Å². The number of amides is 1. The maximum atomic E-state index is 12.4. The number of nitrogens with one attached hydrogen (secondary N) is 2. The molecule has 1 saturated heterocycles. The van der Waals surface area contributed by atoms with Gasteiger partial charge in [-0.2, -0.15) is 0 Å². The lowest BCUT2D eigenvalue weighted by Crippen LogP contribution is -2.40. The van der Waals surface area contributed by atoms with Crippen molar-refractivity contribution in [1.29, 1.82) is 0 Å². The molecule has 0 saturated carbocycles. The van der Waals surface area contributed by atoms with E-state index in [9.17, 15) is 4.79 Å². The largest absolute Gasteiger partial charge is 0.361 e. The molecule has 2 N–H and O–H groups in total. The molecule has 1 aromatic heterocycles. The van der Waals surface area contributed by atoms with Gasteiger partial charge in [0.05, 0.1) is 5.69 Å². The average Bonchev–Trinajstić information content (AvgIpc) is 3.14. The van der Waals surface area contributed by atoms with Crippen LogP contribution in [0.25, 0.3) is 0 Å². The number of carbonyl (C=O) groups is 1. The van der Waals surface area contributed by atoms with E-state index in [1.807, 2.05) is 30.3 Å². The second kappa shape index (κ2) is 10.3. The lowest BCUT2D eigenvalue weighted by Gasteiger charge is -2.31. The van der Waals surface area contributed by atoms with Gasteiger partial charge in [0.2, 0.25) is 5.91 Å². The number of piperidine rings is 1. The van der Waals surface area contributed by atoms with Gasteiger partial charge in [0.15, 0.2) is 0 Å². The zero-order valence-corrected chi connectivity index (χ0v) is 16.2. The summed E-state index contributed by atoms with van der Waals surface area (Å²) in [5.41, 5.74) is 2.15. The Morgan fingerprint density at radius 3 is 2.96 bits per heavy atom. The molecule has 0 radical (unpaired) electrons. The highest BCUT2D eigenvalue weighted by Crippen LogP contribution is 2.26. The summed E-state index contributed by atoms with van der Waals surface area (Å²) in [6.07, 6.45) is 5.73. The number of benzene rings is 1. The molecule has 1 aliphatic rings. The first-order valence-corrected chi connectivity index (χ1v) is 10.2. The monoisotopic (exact) mass is 369 g/mol. The van der Waals surface area contributed by atoms with Crippen molar-refractivity contribution in [3.63, 3.8) is 0 Å². The van der Waals surface area contributed by atoms with Crippen molar-refractivity contribution < 1.29 is 9.32 Å².